The summed E-state index contributed by atoms with van der Waals surface area (Å²) in [4.78, 5) is 4.33. The molecule has 0 fully saturated rings. The van der Waals surface area contributed by atoms with Gasteiger partial charge in [0.05, 0.1) is 6.61 Å². The van der Waals surface area contributed by atoms with Crippen molar-refractivity contribution in [1.82, 2.24) is 0 Å². The van der Waals surface area contributed by atoms with Gasteiger partial charge in [-0.05, 0) is 41.7 Å². The van der Waals surface area contributed by atoms with Crippen LogP contribution < -0.4 is 11.1 Å². The Morgan fingerprint density at radius 2 is 1.59 bits per heavy atom. The van der Waals surface area contributed by atoms with Crippen LogP contribution in [-0.2, 0) is 19.4 Å². The lowest BCUT2D eigenvalue weighted by molar-refractivity contribution is 0.282. The lowest BCUT2D eigenvalue weighted by atomic mass is 10.1. The number of aliphatic hydroxyl groups excluding tert-OH is 1. The summed E-state index contributed by atoms with van der Waals surface area (Å²) in [5.41, 5.74) is 10.2. The maximum absolute atomic E-state index is 9.00. The standard InChI is InChI=1S/C18H23N3O/c1-2-14-7-9-17(10-8-14)21-18(19)20-12-11-15-3-5-16(13-22)6-4-15/h3-10,22H,2,11-13H2,1H3,(H3,19,20,21). The van der Waals surface area contributed by atoms with Crippen molar-refractivity contribution in [3.8, 4) is 0 Å². The zero-order chi connectivity index (χ0) is 15.8. The number of nitrogens with zero attached hydrogens (tertiary/aromatic N) is 1. The summed E-state index contributed by atoms with van der Waals surface area (Å²) >= 11 is 0. The molecule has 116 valence electrons. The van der Waals surface area contributed by atoms with E-state index in [2.05, 4.69) is 29.4 Å². The molecule has 0 bridgehead atoms. The van der Waals surface area contributed by atoms with Gasteiger partial charge in [0, 0.05) is 12.2 Å². The summed E-state index contributed by atoms with van der Waals surface area (Å²) < 4.78 is 0. The third-order valence-electron chi connectivity index (χ3n) is 3.52. The van der Waals surface area contributed by atoms with Crippen molar-refractivity contribution in [3.63, 3.8) is 0 Å². The number of aliphatic imine (C=N–C) groups is 1. The van der Waals surface area contributed by atoms with E-state index < -0.39 is 0 Å². The van der Waals surface area contributed by atoms with Crippen molar-refractivity contribution in [3.05, 3.63) is 65.2 Å². The fourth-order valence-electron chi connectivity index (χ4n) is 2.13. The molecule has 2 aromatic carbocycles. The van der Waals surface area contributed by atoms with Gasteiger partial charge in [-0.15, -0.1) is 0 Å². The second-order valence-electron chi connectivity index (χ2n) is 5.17. The van der Waals surface area contributed by atoms with Crippen LogP contribution in [0.1, 0.15) is 23.6 Å². The number of nitrogens with two attached hydrogens (primary N) is 1. The second kappa shape index (κ2) is 8.20. The number of benzene rings is 2. The maximum Gasteiger partial charge on any atom is 0.193 e. The van der Waals surface area contributed by atoms with Gasteiger partial charge in [-0.2, -0.15) is 0 Å². The van der Waals surface area contributed by atoms with Crippen LogP contribution in [0.3, 0.4) is 0 Å². The van der Waals surface area contributed by atoms with Crippen LogP contribution in [0.5, 0.6) is 0 Å². The number of aliphatic hydroxyl groups is 1. The van der Waals surface area contributed by atoms with Crippen molar-refractivity contribution < 1.29 is 5.11 Å². The minimum atomic E-state index is 0.0755. The SMILES string of the molecule is CCc1ccc(NC(N)=NCCc2ccc(CO)cc2)cc1. The highest BCUT2D eigenvalue weighted by atomic mass is 16.3. The molecule has 0 aliphatic carbocycles. The van der Waals surface area contributed by atoms with E-state index in [1.165, 1.54) is 11.1 Å². The van der Waals surface area contributed by atoms with Crippen molar-refractivity contribution in [2.45, 2.75) is 26.4 Å². The Kier molecular flexibility index (Phi) is 5.98. The molecule has 0 spiro atoms. The lowest BCUT2D eigenvalue weighted by Gasteiger charge is -2.06. The largest absolute Gasteiger partial charge is 0.392 e. The van der Waals surface area contributed by atoms with Crippen molar-refractivity contribution >= 4 is 11.6 Å². The quantitative estimate of drug-likeness (QED) is 0.567. The number of anilines is 1. The summed E-state index contributed by atoms with van der Waals surface area (Å²) in [6, 6.07) is 16.1. The lowest BCUT2D eigenvalue weighted by Crippen LogP contribution is -2.23. The monoisotopic (exact) mass is 297 g/mol. The third kappa shape index (κ3) is 4.90. The highest BCUT2D eigenvalue weighted by Crippen LogP contribution is 2.09. The molecule has 0 aliphatic rings. The Balaban J connectivity index is 1.83. The Bertz CT molecular complexity index is 603. The smallest absolute Gasteiger partial charge is 0.193 e. The third-order valence-corrected chi connectivity index (χ3v) is 3.52. The topological polar surface area (TPSA) is 70.6 Å². The van der Waals surface area contributed by atoms with E-state index in [4.69, 9.17) is 10.8 Å². The van der Waals surface area contributed by atoms with E-state index in [1.807, 2.05) is 36.4 Å². The van der Waals surface area contributed by atoms with Crippen LogP contribution in [0.15, 0.2) is 53.5 Å². The van der Waals surface area contributed by atoms with Gasteiger partial charge in [0.25, 0.3) is 0 Å². The molecular weight excluding hydrogens is 274 g/mol. The first-order valence-electron chi connectivity index (χ1n) is 7.56. The van der Waals surface area contributed by atoms with E-state index in [0.717, 1.165) is 24.1 Å². The molecule has 0 aromatic heterocycles. The van der Waals surface area contributed by atoms with Crippen LogP contribution in [0.4, 0.5) is 5.69 Å². The van der Waals surface area contributed by atoms with Gasteiger partial charge in [-0.25, -0.2) is 0 Å². The molecule has 4 N–H and O–H groups in total. The van der Waals surface area contributed by atoms with Gasteiger partial charge in [0.1, 0.15) is 0 Å². The van der Waals surface area contributed by atoms with Gasteiger partial charge < -0.3 is 16.2 Å². The van der Waals surface area contributed by atoms with E-state index in [9.17, 15) is 0 Å². The molecule has 0 atom stereocenters. The highest BCUT2D eigenvalue weighted by molar-refractivity contribution is 5.92. The minimum absolute atomic E-state index is 0.0755. The number of hydrogen-bond donors (Lipinski definition) is 3. The average Bonchev–Trinajstić information content (AvgIpc) is 2.56. The van der Waals surface area contributed by atoms with Gasteiger partial charge >= 0.3 is 0 Å². The van der Waals surface area contributed by atoms with Crippen molar-refractivity contribution in [2.75, 3.05) is 11.9 Å². The minimum Gasteiger partial charge on any atom is -0.392 e. The number of aryl methyl sites for hydroxylation is 1. The molecule has 0 heterocycles. The first-order chi connectivity index (χ1) is 10.7. The molecule has 2 aromatic rings. The van der Waals surface area contributed by atoms with E-state index >= 15 is 0 Å². The normalized spacial score (nSPS) is 11.5. The first-order valence-corrected chi connectivity index (χ1v) is 7.56. The molecule has 0 unspecified atom stereocenters. The number of rotatable bonds is 6. The fraction of sp³-hybridized carbons (Fsp3) is 0.278. The van der Waals surface area contributed by atoms with Crippen LogP contribution in [0.25, 0.3) is 0 Å². The zero-order valence-corrected chi connectivity index (χ0v) is 12.9. The number of nitrogens with one attached hydrogen (secondary N) is 1. The van der Waals surface area contributed by atoms with Crippen molar-refractivity contribution in [1.29, 1.82) is 0 Å². The van der Waals surface area contributed by atoms with Gasteiger partial charge in [0.2, 0.25) is 0 Å². The van der Waals surface area contributed by atoms with Crippen LogP contribution in [0.2, 0.25) is 0 Å². The zero-order valence-electron chi connectivity index (χ0n) is 12.9. The second-order valence-corrected chi connectivity index (χ2v) is 5.17. The number of hydrogen-bond acceptors (Lipinski definition) is 2. The van der Waals surface area contributed by atoms with E-state index in [0.29, 0.717) is 12.5 Å². The average molecular weight is 297 g/mol. The molecule has 0 aliphatic heterocycles. The summed E-state index contributed by atoms with van der Waals surface area (Å²) in [6.07, 6.45) is 1.85. The molecule has 4 nitrogen and oxygen atoms in total. The van der Waals surface area contributed by atoms with Crippen molar-refractivity contribution in [2.24, 2.45) is 10.7 Å². The molecule has 2 rings (SSSR count). The van der Waals surface area contributed by atoms with E-state index in [1.54, 1.807) is 0 Å². The molecular formula is C18H23N3O. The predicted octanol–water partition coefficient (Wildman–Crippen LogP) is 2.71. The molecule has 4 heteroatoms. The van der Waals surface area contributed by atoms with Gasteiger partial charge in [-0.3, -0.25) is 4.99 Å². The highest BCUT2D eigenvalue weighted by Gasteiger charge is 1.97. The summed E-state index contributed by atoms with van der Waals surface area (Å²) in [5, 5.41) is 12.1. The Hall–Kier alpha value is -2.33. The summed E-state index contributed by atoms with van der Waals surface area (Å²) in [6.45, 7) is 2.84. The Morgan fingerprint density at radius 3 is 2.18 bits per heavy atom. The fourth-order valence-corrected chi connectivity index (χ4v) is 2.13. The number of guanidine groups is 1. The Labute approximate surface area is 131 Å². The molecule has 0 saturated heterocycles. The van der Waals surface area contributed by atoms with Crippen LogP contribution >= 0.6 is 0 Å². The summed E-state index contributed by atoms with van der Waals surface area (Å²) in [7, 11) is 0. The molecule has 0 radical (unpaired) electrons. The summed E-state index contributed by atoms with van der Waals surface area (Å²) in [5.74, 6) is 0.427. The predicted molar refractivity (Wildman–Crippen MR) is 92.0 cm³/mol. The van der Waals surface area contributed by atoms with Crippen LogP contribution in [0, 0.1) is 0 Å². The van der Waals surface area contributed by atoms with Gasteiger partial charge in [0.15, 0.2) is 5.96 Å². The maximum atomic E-state index is 9.00. The molecule has 22 heavy (non-hydrogen) atoms. The van der Waals surface area contributed by atoms with Gasteiger partial charge in [-0.1, -0.05) is 43.3 Å². The molecule has 0 saturated carbocycles. The van der Waals surface area contributed by atoms with E-state index in [-0.39, 0.29) is 6.61 Å². The first kappa shape index (κ1) is 16.0. The van der Waals surface area contributed by atoms with Crippen LogP contribution in [-0.4, -0.2) is 17.6 Å². The Morgan fingerprint density at radius 1 is 1.00 bits per heavy atom. The molecule has 0 amide bonds.